The maximum Gasteiger partial charge on any atom is 0.0529 e. The Labute approximate surface area is 147 Å². The monoisotopic (exact) mass is 326 g/mol. The first-order valence-electron chi connectivity index (χ1n) is 7.99. The van der Waals surface area contributed by atoms with Gasteiger partial charge in [0.15, 0.2) is 0 Å². The summed E-state index contributed by atoms with van der Waals surface area (Å²) in [5, 5.41) is 10.1. The van der Waals surface area contributed by atoms with E-state index >= 15 is 0 Å². The number of benzene rings is 3. The van der Waals surface area contributed by atoms with E-state index in [2.05, 4.69) is 93.1 Å². The highest BCUT2D eigenvalue weighted by atomic mass is 15.3. The number of para-hydroxylation sites is 3. The quantitative estimate of drug-likeness (QED) is 0.529. The Kier molecular flexibility index (Phi) is 5.84. The Morgan fingerprint density at radius 2 is 0.800 bits per heavy atom. The highest BCUT2D eigenvalue weighted by Gasteiger charge is 2.10. The van der Waals surface area contributed by atoms with Gasteiger partial charge < -0.3 is 4.90 Å². The minimum absolute atomic E-state index is 1.17. The number of nitrogens with zero attached hydrogens (tertiary/aromatic N) is 4. The van der Waals surface area contributed by atoms with Gasteiger partial charge in [0, 0.05) is 17.1 Å². The molecule has 1 aromatic heterocycles. The predicted molar refractivity (Wildman–Crippen MR) is 101 cm³/mol. The fraction of sp³-hybridized carbons (Fsp3) is 0. The van der Waals surface area contributed by atoms with Gasteiger partial charge in [0.25, 0.3) is 0 Å². The van der Waals surface area contributed by atoms with Crippen LogP contribution >= 0.6 is 0 Å². The van der Waals surface area contributed by atoms with Gasteiger partial charge >= 0.3 is 0 Å². The van der Waals surface area contributed by atoms with Crippen molar-refractivity contribution in [3.63, 3.8) is 0 Å². The van der Waals surface area contributed by atoms with Gasteiger partial charge in [-0.25, -0.2) is 0 Å². The highest BCUT2D eigenvalue weighted by Crippen LogP contribution is 2.33. The van der Waals surface area contributed by atoms with Crippen LogP contribution in [-0.4, -0.2) is 15.4 Å². The summed E-state index contributed by atoms with van der Waals surface area (Å²) >= 11 is 0. The Hall–Kier alpha value is -3.53. The second kappa shape index (κ2) is 8.93. The third-order valence-electron chi connectivity index (χ3n) is 3.45. The molecule has 0 saturated carbocycles. The molecule has 0 saturated heterocycles. The van der Waals surface area contributed by atoms with Crippen molar-refractivity contribution in [1.29, 1.82) is 0 Å². The van der Waals surface area contributed by atoms with E-state index in [4.69, 9.17) is 0 Å². The standard InChI is InChI=1S/C18H15N.C3H3N3/c1-4-10-16(11-5-1)19(17-12-6-2-7-13-17)18-14-8-3-9-15-18;1-2-4-6-5-3-1/h1-15H;1-3H. The van der Waals surface area contributed by atoms with Gasteiger partial charge in [-0.1, -0.05) is 54.6 Å². The second-order valence-corrected chi connectivity index (χ2v) is 5.15. The van der Waals surface area contributed by atoms with Crippen LogP contribution in [0.25, 0.3) is 0 Å². The maximum absolute atomic E-state index is 3.42. The van der Waals surface area contributed by atoms with Crippen molar-refractivity contribution in [2.45, 2.75) is 0 Å². The SMILES string of the molecule is c1ccc(N(c2ccccc2)c2ccccc2)cc1.c1cnnnc1. The minimum Gasteiger partial charge on any atom is -0.311 e. The zero-order valence-corrected chi connectivity index (χ0v) is 13.7. The van der Waals surface area contributed by atoms with Crippen LogP contribution in [0.5, 0.6) is 0 Å². The molecule has 0 amide bonds. The van der Waals surface area contributed by atoms with E-state index < -0.39 is 0 Å². The molecule has 0 aliphatic carbocycles. The van der Waals surface area contributed by atoms with Crippen LogP contribution in [0.15, 0.2) is 109 Å². The molecule has 0 aliphatic rings. The Morgan fingerprint density at radius 1 is 0.440 bits per heavy atom. The summed E-state index contributed by atoms with van der Waals surface area (Å²) in [7, 11) is 0. The second-order valence-electron chi connectivity index (χ2n) is 5.15. The van der Waals surface area contributed by atoms with Gasteiger partial charge in [-0.05, 0) is 47.7 Å². The third kappa shape index (κ3) is 4.72. The highest BCUT2D eigenvalue weighted by molar-refractivity contribution is 5.76. The molecule has 4 rings (SSSR count). The van der Waals surface area contributed by atoms with Crippen molar-refractivity contribution in [2.75, 3.05) is 4.90 Å². The molecule has 0 N–H and O–H groups in total. The average Bonchev–Trinajstić information content (AvgIpc) is 2.72. The molecular formula is C21H18N4. The number of hydrogen-bond acceptors (Lipinski definition) is 4. The van der Waals surface area contributed by atoms with Crippen molar-refractivity contribution in [3.8, 4) is 0 Å². The van der Waals surface area contributed by atoms with Gasteiger partial charge in [0.1, 0.15) is 0 Å². The molecule has 0 spiro atoms. The summed E-state index contributed by atoms with van der Waals surface area (Å²) in [4.78, 5) is 2.25. The molecule has 0 atom stereocenters. The summed E-state index contributed by atoms with van der Waals surface area (Å²) in [5.74, 6) is 0. The van der Waals surface area contributed by atoms with Gasteiger partial charge in [-0.15, -0.1) is 10.2 Å². The first-order chi connectivity index (χ1) is 12.4. The van der Waals surface area contributed by atoms with Crippen LogP contribution in [-0.2, 0) is 0 Å². The van der Waals surface area contributed by atoms with Gasteiger partial charge in [-0.3, -0.25) is 0 Å². The van der Waals surface area contributed by atoms with E-state index in [9.17, 15) is 0 Å². The lowest BCUT2D eigenvalue weighted by Gasteiger charge is -2.25. The van der Waals surface area contributed by atoms with Gasteiger partial charge in [-0.2, -0.15) is 0 Å². The molecule has 0 fully saturated rings. The summed E-state index contributed by atoms with van der Waals surface area (Å²) in [6.07, 6.45) is 3.15. The zero-order chi connectivity index (χ0) is 17.2. The minimum atomic E-state index is 1.17. The molecule has 3 aromatic carbocycles. The van der Waals surface area contributed by atoms with Crippen molar-refractivity contribution < 1.29 is 0 Å². The normalized spacial score (nSPS) is 9.60. The molecular weight excluding hydrogens is 308 g/mol. The predicted octanol–water partition coefficient (Wildman–Crippen LogP) is 5.03. The van der Waals surface area contributed by atoms with Crippen LogP contribution in [0, 0.1) is 0 Å². The molecule has 25 heavy (non-hydrogen) atoms. The molecule has 4 heteroatoms. The van der Waals surface area contributed by atoms with Crippen molar-refractivity contribution in [3.05, 3.63) is 109 Å². The number of anilines is 3. The Bertz CT molecular complexity index is 717. The third-order valence-corrected chi connectivity index (χ3v) is 3.45. The molecule has 0 aliphatic heterocycles. The average molecular weight is 326 g/mol. The fourth-order valence-corrected chi connectivity index (χ4v) is 2.38. The van der Waals surface area contributed by atoms with Crippen molar-refractivity contribution in [1.82, 2.24) is 15.4 Å². The van der Waals surface area contributed by atoms with E-state index in [-0.39, 0.29) is 0 Å². The largest absolute Gasteiger partial charge is 0.311 e. The van der Waals surface area contributed by atoms with E-state index in [0.717, 1.165) is 0 Å². The molecule has 122 valence electrons. The molecule has 0 bridgehead atoms. The lowest BCUT2D eigenvalue weighted by atomic mass is 10.2. The maximum atomic E-state index is 3.42. The summed E-state index contributed by atoms with van der Waals surface area (Å²) in [6.45, 7) is 0. The lowest BCUT2D eigenvalue weighted by Crippen LogP contribution is -2.09. The molecule has 0 radical (unpaired) electrons. The smallest absolute Gasteiger partial charge is 0.0529 e. The van der Waals surface area contributed by atoms with Gasteiger partial charge in [0.2, 0.25) is 0 Å². The topological polar surface area (TPSA) is 41.9 Å². The number of aromatic nitrogens is 3. The van der Waals surface area contributed by atoms with Crippen molar-refractivity contribution in [2.24, 2.45) is 0 Å². The van der Waals surface area contributed by atoms with Crippen LogP contribution in [0.2, 0.25) is 0 Å². The van der Waals surface area contributed by atoms with Crippen LogP contribution in [0.3, 0.4) is 0 Å². The van der Waals surface area contributed by atoms with Gasteiger partial charge in [0.05, 0.1) is 12.4 Å². The van der Waals surface area contributed by atoms with Crippen LogP contribution < -0.4 is 4.90 Å². The lowest BCUT2D eigenvalue weighted by molar-refractivity contribution is 0.865. The van der Waals surface area contributed by atoms with E-state index in [1.54, 1.807) is 18.5 Å². The molecule has 4 nitrogen and oxygen atoms in total. The van der Waals surface area contributed by atoms with Crippen LogP contribution in [0.4, 0.5) is 17.1 Å². The Morgan fingerprint density at radius 3 is 1.04 bits per heavy atom. The fourth-order valence-electron chi connectivity index (χ4n) is 2.38. The van der Waals surface area contributed by atoms with E-state index in [1.807, 2.05) is 18.2 Å². The molecule has 4 aromatic rings. The molecule has 1 heterocycles. The Balaban J connectivity index is 0.000000258. The van der Waals surface area contributed by atoms with Crippen LogP contribution in [0.1, 0.15) is 0 Å². The van der Waals surface area contributed by atoms with E-state index in [1.165, 1.54) is 17.1 Å². The van der Waals surface area contributed by atoms with E-state index in [0.29, 0.717) is 0 Å². The number of rotatable bonds is 3. The number of hydrogen-bond donors (Lipinski definition) is 0. The summed E-state index contributed by atoms with van der Waals surface area (Å²) < 4.78 is 0. The zero-order valence-electron chi connectivity index (χ0n) is 13.7. The first-order valence-corrected chi connectivity index (χ1v) is 7.99. The summed E-state index contributed by atoms with van der Waals surface area (Å²) in [5.41, 5.74) is 3.50. The first kappa shape index (κ1) is 16.3. The summed E-state index contributed by atoms with van der Waals surface area (Å²) in [6, 6.07) is 33.0. The molecule has 0 unspecified atom stereocenters. The van der Waals surface area contributed by atoms with Crippen molar-refractivity contribution >= 4 is 17.1 Å².